The maximum atomic E-state index is 14.0. The van der Waals surface area contributed by atoms with Gasteiger partial charge in [-0.25, -0.2) is 4.39 Å². The average molecular weight is 434 g/mol. The monoisotopic (exact) mass is 433 g/mol. The summed E-state index contributed by atoms with van der Waals surface area (Å²) in [7, 11) is 0. The average Bonchev–Trinajstić information content (AvgIpc) is 3.09. The molecule has 0 spiro atoms. The van der Waals surface area contributed by atoms with Crippen molar-refractivity contribution in [2.75, 3.05) is 13.2 Å². The van der Waals surface area contributed by atoms with Gasteiger partial charge in [0.2, 0.25) is 11.8 Å². The van der Waals surface area contributed by atoms with Crippen molar-refractivity contribution in [3.8, 4) is 0 Å². The minimum absolute atomic E-state index is 0.0773. The summed E-state index contributed by atoms with van der Waals surface area (Å²) < 4.78 is 19.4. The van der Waals surface area contributed by atoms with Crippen LogP contribution in [0.1, 0.15) is 67.4 Å². The first kappa shape index (κ1) is 23.3. The number of aryl methyl sites for hydroxylation is 1. The lowest BCUT2D eigenvalue weighted by Crippen LogP contribution is -2.52. The fraction of sp³-hybridized carbons (Fsp3) is 0.609. The highest BCUT2D eigenvalue weighted by Gasteiger charge is 2.40. The molecule has 3 unspecified atom stereocenters. The molecule has 0 saturated carbocycles. The summed E-state index contributed by atoms with van der Waals surface area (Å²) >= 11 is 0. The lowest BCUT2D eigenvalue weighted by Gasteiger charge is -2.29. The summed E-state index contributed by atoms with van der Waals surface area (Å²) in [6.07, 6.45) is 4.18. The lowest BCUT2D eigenvalue weighted by atomic mass is 10.0. The molecule has 3 heterocycles. The van der Waals surface area contributed by atoms with Crippen molar-refractivity contribution < 1.29 is 23.5 Å². The fourth-order valence-corrected chi connectivity index (χ4v) is 4.11. The van der Waals surface area contributed by atoms with Crippen LogP contribution in [0, 0.1) is 12.7 Å². The number of nitrogens with zero attached hydrogens (tertiary/aromatic N) is 1. The molecule has 1 aromatic carbocycles. The van der Waals surface area contributed by atoms with Crippen LogP contribution < -0.4 is 10.6 Å². The molecule has 0 radical (unpaired) electrons. The predicted molar refractivity (Wildman–Crippen MR) is 114 cm³/mol. The molecular weight excluding hydrogens is 401 g/mol. The second-order valence-electron chi connectivity index (χ2n) is 8.51. The Labute approximate surface area is 182 Å². The molecule has 4 rings (SSSR count). The van der Waals surface area contributed by atoms with Crippen molar-refractivity contribution >= 4 is 17.7 Å². The number of rotatable bonds is 4. The Hall–Kier alpha value is -2.32. The van der Waals surface area contributed by atoms with Gasteiger partial charge in [0.05, 0.1) is 13.2 Å². The van der Waals surface area contributed by atoms with Gasteiger partial charge >= 0.3 is 0 Å². The van der Waals surface area contributed by atoms with Crippen molar-refractivity contribution in [2.45, 2.75) is 77.5 Å². The maximum absolute atomic E-state index is 14.0. The summed E-state index contributed by atoms with van der Waals surface area (Å²) in [5.41, 5.74) is 1.11. The van der Waals surface area contributed by atoms with Crippen LogP contribution in [0.5, 0.6) is 0 Å². The highest BCUT2D eigenvalue weighted by Crippen LogP contribution is 2.30. The van der Waals surface area contributed by atoms with Gasteiger partial charge in [0.1, 0.15) is 11.9 Å². The van der Waals surface area contributed by atoms with E-state index in [1.165, 1.54) is 24.2 Å². The molecule has 31 heavy (non-hydrogen) atoms. The number of carbonyl (C=O) groups is 3. The first-order valence-corrected chi connectivity index (χ1v) is 11.1. The van der Waals surface area contributed by atoms with E-state index in [-0.39, 0.29) is 31.2 Å². The van der Waals surface area contributed by atoms with Crippen molar-refractivity contribution in [3.05, 3.63) is 34.6 Å². The molecule has 0 bridgehead atoms. The lowest BCUT2D eigenvalue weighted by molar-refractivity contribution is -0.136. The smallest absolute Gasteiger partial charge is 0.255 e. The van der Waals surface area contributed by atoms with E-state index >= 15 is 0 Å². The van der Waals surface area contributed by atoms with Crippen molar-refractivity contribution in [2.24, 2.45) is 0 Å². The van der Waals surface area contributed by atoms with E-state index in [1.54, 1.807) is 19.1 Å². The molecule has 3 amide bonds. The molecule has 3 atom stereocenters. The Balaban J connectivity index is 0.000000210. The van der Waals surface area contributed by atoms with E-state index in [0.717, 1.165) is 13.2 Å². The second kappa shape index (κ2) is 10.3. The molecule has 2 saturated heterocycles. The molecule has 1 aromatic rings. The summed E-state index contributed by atoms with van der Waals surface area (Å²) in [5.74, 6) is -1.57. The molecule has 0 aromatic heterocycles. The van der Waals surface area contributed by atoms with Gasteiger partial charge < -0.3 is 15.0 Å². The second-order valence-corrected chi connectivity index (χ2v) is 8.51. The number of fused-ring (bicyclic) bond motifs is 1. The van der Waals surface area contributed by atoms with E-state index in [4.69, 9.17) is 4.74 Å². The number of carbonyl (C=O) groups excluding carboxylic acids is 3. The number of hydrogen-bond donors (Lipinski definition) is 2. The zero-order chi connectivity index (χ0) is 22.5. The Kier molecular flexibility index (Phi) is 7.78. The highest BCUT2D eigenvalue weighted by atomic mass is 19.1. The highest BCUT2D eigenvalue weighted by molar-refractivity contribution is 6.05. The molecular formula is C23H32FN3O4. The van der Waals surface area contributed by atoms with Gasteiger partial charge in [0, 0.05) is 36.2 Å². The summed E-state index contributed by atoms with van der Waals surface area (Å²) in [4.78, 5) is 36.6. The largest absolute Gasteiger partial charge is 0.380 e. The SMILES string of the molecule is CCC(C)NC1CCCOC1.Cc1ccc2c(c1F)CN(C1CCC(=O)NC1=O)C2=O. The number of imide groups is 1. The van der Waals surface area contributed by atoms with Crippen LogP contribution >= 0.6 is 0 Å². The van der Waals surface area contributed by atoms with E-state index < -0.39 is 17.8 Å². The zero-order valence-electron chi connectivity index (χ0n) is 18.5. The quantitative estimate of drug-likeness (QED) is 0.713. The van der Waals surface area contributed by atoms with Gasteiger partial charge in [0.15, 0.2) is 0 Å². The zero-order valence-corrected chi connectivity index (χ0v) is 18.5. The Bertz CT molecular complexity index is 838. The fourth-order valence-electron chi connectivity index (χ4n) is 4.11. The number of ether oxygens (including phenoxy) is 1. The van der Waals surface area contributed by atoms with Gasteiger partial charge in [-0.05, 0) is 51.2 Å². The van der Waals surface area contributed by atoms with Crippen LogP contribution in [0.4, 0.5) is 4.39 Å². The molecule has 170 valence electrons. The Morgan fingerprint density at radius 1 is 1.29 bits per heavy atom. The van der Waals surface area contributed by atoms with E-state index in [9.17, 15) is 18.8 Å². The van der Waals surface area contributed by atoms with E-state index in [0.29, 0.717) is 28.8 Å². The van der Waals surface area contributed by atoms with E-state index in [1.807, 2.05) is 0 Å². The molecule has 2 N–H and O–H groups in total. The van der Waals surface area contributed by atoms with Crippen molar-refractivity contribution in [1.29, 1.82) is 0 Å². The molecule has 7 nitrogen and oxygen atoms in total. The number of amides is 3. The molecule has 3 aliphatic rings. The summed E-state index contributed by atoms with van der Waals surface area (Å²) in [5, 5.41) is 5.76. The van der Waals surface area contributed by atoms with Crippen LogP contribution in [0.25, 0.3) is 0 Å². The van der Waals surface area contributed by atoms with Crippen LogP contribution in [0.2, 0.25) is 0 Å². The number of halogens is 1. The normalized spacial score (nSPS) is 24.3. The van der Waals surface area contributed by atoms with E-state index in [2.05, 4.69) is 24.5 Å². The molecule has 2 fully saturated rings. The molecule has 3 aliphatic heterocycles. The van der Waals surface area contributed by atoms with Gasteiger partial charge in [-0.1, -0.05) is 13.0 Å². The van der Waals surface area contributed by atoms with Gasteiger partial charge in [-0.2, -0.15) is 0 Å². The third-order valence-electron chi connectivity index (χ3n) is 6.14. The van der Waals surface area contributed by atoms with Crippen molar-refractivity contribution in [1.82, 2.24) is 15.5 Å². The number of hydrogen-bond acceptors (Lipinski definition) is 5. The standard InChI is InChI=1S/C14H13FN2O3.C9H19NO/c1-7-2-3-8-9(12(7)15)6-17(14(8)20)10-4-5-11(18)16-13(10)19;1-3-8(2)10-9-5-4-6-11-7-9/h2-3,10H,4-6H2,1H3,(H,16,18,19);8-10H,3-7H2,1-2H3. The molecule has 8 heteroatoms. The van der Waals surface area contributed by atoms with Gasteiger partial charge in [-0.3, -0.25) is 19.7 Å². The first-order chi connectivity index (χ1) is 14.8. The Morgan fingerprint density at radius 3 is 2.71 bits per heavy atom. The number of benzene rings is 1. The van der Waals surface area contributed by atoms with Gasteiger partial charge in [0.25, 0.3) is 5.91 Å². The van der Waals surface area contributed by atoms with Crippen LogP contribution in [-0.2, 0) is 20.9 Å². The minimum Gasteiger partial charge on any atom is -0.380 e. The van der Waals surface area contributed by atoms with Crippen LogP contribution in [0.15, 0.2) is 12.1 Å². The summed E-state index contributed by atoms with van der Waals surface area (Å²) in [6.45, 7) is 8.02. The van der Waals surface area contributed by atoms with Crippen molar-refractivity contribution in [3.63, 3.8) is 0 Å². The maximum Gasteiger partial charge on any atom is 0.255 e. The Morgan fingerprint density at radius 2 is 2.06 bits per heavy atom. The predicted octanol–water partition coefficient (Wildman–Crippen LogP) is 2.45. The van der Waals surface area contributed by atoms with Crippen LogP contribution in [0.3, 0.4) is 0 Å². The van der Waals surface area contributed by atoms with Crippen LogP contribution in [-0.4, -0.2) is 54.0 Å². The number of nitrogens with one attached hydrogen (secondary N) is 2. The van der Waals surface area contributed by atoms with Gasteiger partial charge in [-0.15, -0.1) is 0 Å². The summed E-state index contributed by atoms with van der Waals surface area (Å²) in [6, 6.07) is 3.69. The third kappa shape index (κ3) is 5.49. The molecule has 0 aliphatic carbocycles. The topological polar surface area (TPSA) is 87.7 Å². The third-order valence-corrected chi connectivity index (χ3v) is 6.14. The minimum atomic E-state index is -0.702. The number of piperidine rings is 1. The first-order valence-electron chi connectivity index (χ1n) is 11.1.